The molecular formula is C19H26N2O3. The highest BCUT2D eigenvalue weighted by Gasteiger charge is 2.42. The van der Waals surface area contributed by atoms with Crippen molar-refractivity contribution in [2.24, 2.45) is 17.8 Å². The monoisotopic (exact) mass is 330 g/mol. The second kappa shape index (κ2) is 6.61. The first-order chi connectivity index (χ1) is 11.7. The van der Waals surface area contributed by atoms with Crippen LogP contribution in [0, 0.1) is 17.8 Å². The summed E-state index contributed by atoms with van der Waals surface area (Å²) < 4.78 is 5.24. The van der Waals surface area contributed by atoms with E-state index in [9.17, 15) is 9.59 Å². The molecule has 2 bridgehead atoms. The van der Waals surface area contributed by atoms with Gasteiger partial charge < -0.3 is 14.6 Å². The molecule has 0 spiro atoms. The molecule has 4 atom stereocenters. The number of carbonyl (C=O) groups is 2. The molecule has 5 nitrogen and oxygen atoms in total. The van der Waals surface area contributed by atoms with E-state index in [0.29, 0.717) is 18.9 Å². The summed E-state index contributed by atoms with van der Waals surface area (Å²) >= 11 is 0. The number of carbonyl (C=O) groups excluding carboxylic acids is 2. The van der Waals surface area contributed by atoms with Crippen LogP contribution in [0.1, 0.15) is 50.7 Å². The Hall–Kier alpha value is -1.78. The van der Waals surface area contributed by atoms with E-state index in [-0.39, 0.29) is 17.9 Å². The van der Waals surface area contributed by atoms with Crippen molar-refractivity contribution in [1.29, 1.82) is 0 Å². The van der Waals surface area contributed by atoms with Gasteiger partial charge in [0.25, 0.3) is 0 Å². The Balaban J connectivity index is 1.32. The third-order valence-electron chi connectivity index (χ3n) is 6.21. The van der Waals surface area contributed by atoms with Gasteiger partial charge in [0.2, 0.25) is 11.8 Å². The number of furan rings is 1. The van der Waals surface area contributed by atoms with Crippen LogP contribution < -0.4 is 5.32 Å². The summed E-state index contributed by atoms with van der Waals surface area (Å²) in [5.74, 6) is 3.05. The lowest BCUT2D eigenvalue weighted by Crippen LogP contribution is -2.46. The number of likely N-dealkylation sites (tertiary alicyclic amines) is 1. The highest BCUT2D eigenvalue weighted by atomic mass is 16.3. The first-order valence-electron chi connectivity index (χ1n) is 9.30. The Labute approximate surface area is 142 Å². The van der Waals surface area contributed by atoms with Crippen molar-refractivity contribution in [1.82, 2.24) is 10.2 Å². The summed E-state index contributed by atoms with van der Waals surface area (Å²) in [6, 6.07) is 3.35. The first-order valence-corrected chi connectivity index (χ1v) is 9.30. The number of amides is 2. The second-order valence-electron chi connectivity index (χ2n) is 7.68. The molecule has 1 N–H and O–H groups in total. The van der Waals surface area contributed by atoms with Gasteiger partial charge in [0.15, 0.2) is 0 Å². The maximum atomic E-state index is 12.8. The Morgan fingerprint density at radius 1 is 1.25 bits per heavy atom. The van der Waals surface area contributed by atoms with Crippen LogP contribution >= 0.6 is 0 Å². The standard InChI is InChI=1S/C19H26N2O3/c22-18(11-15-10-13-5-6-14(15)9-13)21-7-1-4-17(21)19(23)20-12-16-3-2-8-24-16/h2-3,8,13-15,17H,1,4-7,9-12H2,(H,20,23)/t13-,14-,15-,17-/m0/s1. The van der Waals surface area contributed by atoms with Gasteiger partial charge in [-0.25, -0.2) is 0 Å². The molecule has 2 saturated carbocycles. The van der Waals surface area contributed by atoms with Crippen molar-refractivity contribution in [3.8, 4) is 0 Å². The molecule has 1 aromatic heterocycles. The lowest BCUT2D eigenvalue weighted by atomic mass is 9.86. The Bertz CT molecular complexity index is 598. The average Bonchev–Trinajstić information content (AvgIpc) is 3.36. The normalized spacial score (nSPS) is 31.6. The number of rotatable bonds is 5. The third kappa shape index (κ3) is 3.08. The molecule has 24 heavy (non-hydrogen) atoms. The Morgan fingerprint density at radius 2 is 2.17 bits per heavy atom. The zero-order chi connectivity index (χ0) is 16.5. The fourth-order valence-electron chi connectivity index (χ4n) is 5.01. The van der Waals surface area contributed by atoms with Crippen molar-refractivity contribution >= 4 is 11.8 Å². The molecule has 5 heteroatoms. The van der Waals surface area contributed by atoms with Crippen LogP contribution in [0.2, 0.25) is 0 Å². The predicted octanol–water partition coefficient (Wildman–Crippen LogP) is 2.71. The summed E-state index contributed by atoms with van der Waals surface area (Å²) in [4.78, 5) is 27.0. The second-order valence-corrected chi connectivity index (χ2v) is 7.68. The van der Waals surface area contributed by atoms with E-state index < -0.39 is 0 Å². The fraction of sp³-hybridized carbons (Fsp3) is 0.684. The minimum absolute atomic E-state index is 0.0507. The van der Waals surface area contributed by atoms with Crippen LogP contribution in [-0.4, -0.2) is 29.3 Å². The number of nitrogens with one attached hydrogen (secondary N) is 1. The van der Waals surface area contributed by atoms with Gasteiger partial charge in [0.1, 0.15) is 11.8 Å². The van der Waals surface area contributed by atoms with E-state index >= 15 is 0 Å². The lowest BCUT2D eigenvalue weighted by molar-refractivity contribution is -0.139. The minimum atomic E-state index is -0.300. The largest absolute Gasteiger partial charge is 0.467 e. The smallest absolute Gasteiger partial charge is 0.243 e. The highest BCUT2D eigenvalue weighted by molar-refractivity contribution is 5.88. The van der Waals surface area contributed by atoms with Gasteiger partial charge in [0, 0.05) is 13.0 Å². The molecule has 1 aliphatic heterocycles. The van der Waals surface area contributed by atoms with Crippen molar-refractivity contribution in [3.05, 3.63) is 24.2 Å². The molecule has 4 rings (SSSR count). The molecule has 0 radical (unpaired) electrons. The maximum absolute atomic E-state index is 12.8. The van der Waals surface area contributed by atoms with Crippen LogP contribution in [0.3, 0.4) is 0 Å². The fourth-order valence-corrected chi connectivity index (χ4v) is 5.01. The van der Waals surface area contributed by atoms with Crippen molar-refractivity contribution in [2.45, 2.75) is 57.5 Å². The van der Waals surface area contributed by atoms with Gasteiger partial charge in [-0.3, -0.25) is 9.59 Å². The molecule has 1 saturated heterocycles. The Kier molecular flexibility index (Phi) is 4.33. The van der Waals surface area contributed by atoms with Crippen LogP contribution in [0.4, 0.5) is 0 Å². The van der Waals surface area contributed by atoms with Crippen molar-refractivity contribution in [3.63, 3.8) is 0 Å². The van der Waals surface area contributed by atoms with Crippen molar-refractivity contribution in [2.75, 3.05) is 6.54 Å². The molecular weight excluding hydrogens is 304 g/mol. The molecule has 1 aromatic rings. The van der Waals surface area contributed by atoms with E-state index in [1.165, 1.54) is 25.7 Å². The summed E-state index contributed by atoms with van der Waals surface area (Å²) in [5, 5.41) is 2.91. The molecule has 3 aliphatic rings. The minimum Gasteiger partial charge on any atom is -0.467 e. The SMILES string of the molecule is O=C(NCc1ccco1)[C@@H]1CCCN1C(=O)C[C@@H]1C[C@H]2CC[C@H]1C2. The van der Waals surface area contributed by atoms with Crippen LogP contribution in [0.15, 0.2) is 22.8 Å². The maximum Gasteiger partial charge on any atom is 0.243 e. The van der Waals surface area contributed by atoms with Crippen molar-refractivity contribution < 1.29 is 14.0 Å². The van der Waals surface area contributed by atoms with Crippen LogP contribution in [-0.2, 0) is 16.1 Å². The van der Waals surface area contributed by atoms with E-state index in [0.717, 1.165) is 37.0 Å². The summed E-state index contributed by atoms with van der Waals surface area (Å²) in [6.45, 7) is 1.11. The molecule has 0 unspecified atom stereocenters. The van der Waals surface area contributed by atoms with Gasteiger partial charge >= 0.3 is 0 Å². The van der Waals surface area contributed by atoms with Crippen LogP contribution in [0.5, 0.6) is 0 Å². The topological polar surface area (TPSA) is 62.6 Å². The first kappa shape index (κ1) is 15.7. The Morgan fingerprint density at radius 3 is 2.88 bits per heavy atom. The molecule has 2 amide bonds. The predicted molar refractivity (Wildman–Crippen MR) is 88.8 cm³/mol. The van der Waals surface area contributed by atoms with Crippen LogP contribution in [0.25, 0.3) is 0 Å². The number of hydrogen-bond acceptors (Lipinski definition) is 3. The molecule has 3 fully saturated rings. The van der Waals surface area contributed by atoms with E-state index in [1.54, 1.807) is 6.26 Å². The number of nitrogens with zero attached hydrogens (tertiary/aromatic N) is 1. The molecule has 2 heterocycles. The molecule has 0 aromatic carbocycles. The summed E-state index contributed by atoms with van der Waals surface area (Å²) in [6.07, 6.45) is 9.14. The molecule has 2 aliphatic carbocycles. The quantitative estimate of drug-likeness (QED) is 0.903. The van der Waals surface area contributed by atoms with Gasteiger partial charge in [0.05, 0.1) is 12.8 Å². The highest BCUT2D eigenvalue weighted by Crippen LogP contribution is 2.49. The third-order valence-corrected chi connectivity index (χ3v) is 6.21. The van der Waals surface area contributed by atoms with Gasteiger partial charge in [-0.2, -0.15) is 0 Å². The zero-order valence-electron chi connectivity index (χ0n) is 14.1. The van der Waals surface area contributed by atoms with Gasteiger partial charge in [-0.05, 0) is 62.0 Å². The van der Waals surface area contributed by atoms with E-state index in [4.69, 9.17) is 4.42 Å². The lowest BCUT2D eigenvalue weighted by Gasteiger charge is -2.27. The van der Waals surface area contributed by atoms with Gasteiger partial charge in [-0.15, -0.1) is 0 Å². The van der Waals surface area contributed by atoms with E-state index in [1.807, 2.05) is 17.0 Å². The molecule has 130 valence electrons. The average molecular weight is 330 g/mol. The number of hydrogen-bond donors (Lipinski definition) is 1. The van der Waals surface area contributed by atoms with Gasteiger partial charge in [-0.1, -0.05) is 6.42 Å². The summed E-state index contributed by atoms with van der Waals surface area (Å²) in [5.41, 5.74) is 0. The number of fused-ring (bicyclic) bond motifs is 2. The zero-order valence-corrected chi connectivity index (χ0v) is 14.1. The van der Waals surface area contributed by atoms with E-state index in [2.05, 4.69) is 5.32 Å². The summed E-state index contributed by atoms with van der Waals surface area (Å²) in [7, 11) is 0.